The van der Waals surface area contributed by atoms with E-state index in [2.05, 4.69) is 50.1 Å². The number of allylic oxidation sites excluding steroid dienone is 1. The first-order valence-corrected chi connectivity index (χ1v) is 10.1. The summed E-state index contributed by atoms with van der Waals surface area (Å²) >= 11 is 0. The molecule has 2 heterocycles. The van der Waals surface area contributed by atoms with E-state index in [4.69, 9.17) is 9.47 Å². The molecule has 0 spiro atoms. The maximum atomic E-state index is 12.1. The first kappa shape index (κ1) is 19.9. The number of hydrogen-bond donors (Lipinski definition) is 1. The highest BCUT2D eigenvalue weighted by Crippen LogP contribution is 2.56. The van der Waals surface area contributed by atoms with Gasteiger partial charge in [-0.1, -0.05) is 44.9 Å². The second kappa shape index (κ2) is 8.42. The first-order valence-electron chi connectivity index (χ1n) is 10.1. The molecule has 0 saturated carbocycles. The highest BCUT2D eigenvalue weighted by atomic mass is 16.6. The van der Waals surface area contributed by atoms with Gasteiger partial charge in [-0.05, 0) is 36.8 Å². The molecule has 5 nitrogen and oxygen atoms in total. The summed E-state index contributed by atoms with van der Waals surface area (Å²) in [4.78, 5) is 16.3. The monoisotopic (exact) mass is 372 g/mol. The minimum absolute atomic E-state index is 0.00366. The molecule has 0 radical (unpaired) electrons. The number of carbonyl (C=O) groups is 1. The van der Waals surface area contributed by atoms with Crippen molar-refractivity contribution in [2.45, 2.75) is 46.6 Å². The highest BCUT2D eigenvalue weighted by molar-refractivity contribution is 5.67. The number of nitrogens with one attached hydrogen (secondary N) is 1. The maximum Gasteiger partial charge on any atom is 0.407 e. The molecule has 2 aliphatic rings. The Hall–Kier alpha value is -1.88. The first-order chi connectivity index (χ1) is 13.0. The summed E-state index contributed by atoms with van der Waals surface area (Å²) in [6.45, 7) is 10.4. The Morgan fingerprint density at radius 3 is 2.96 bits per heavy atom. The highest BCUT2D eigenvalue weighted by Gasteiger charge is 2.54. The van der Waals surface area contributed by atoms with Crippen molar-refractivity contribution in [1.82, 2.24) is 10.3 Å². The predicted octanol–water partition coefficient (Wildman–Crippen LogP) is 4.51. The largest absolute Gasteiger partial charge is 0.449 e. The van der Waals surface area contributed by atoms with Crippen molar-refractivity contribution < 1.29 is 14.3 Å². The van der Waals surface area contributed by atoms with Gasteiger partial charge >= 0.3 is 6.09 Å². The minimum Gasteiger partial charge on any atom is -0.449 e. The van der Waals surface area contributed by atoms with Crippen LogP contribution >= 0.6 is 0 Å². The molecule has 2 bridgehead atoms. The zero-order chi connectivity index (χ0) is 19.4. The van der Waals surface area contributed by atoms with E-state index in [0.29, 0.717) is 31.6 Å². The van der Waals surface area contributed by atoms with Gasteiger partial charge in [0.1, 0.15) is 6.61 Å². The van der Waals surface area contributed by atoms with Crippen LogP contribution in [0.3, 0.4) is 0 Å². The van der Waals surface area contributed by atoms with E-state index in [1.165, 1.54) is 5.57 Å². The molecule has 1 amide bonds. The summed E-state index contributed by atoms with van der Waals surface area (Å²) < 4.78 is 12.0. The van der Waals surface area contributed by atoms with Crippen molar-refractivity contribution in [1.29, 1.82) is 0 Å². The van der Waals surface area contributed by atoms with Crippen molar-refractivity contribution in [3.8, 4) is 0 Å². The van der Waals surface area contributed by atoms with Crippen molar-refractivity contribution in [3.63, 3.8) is 0 Å². The lowest BCUT2D eigenvalue weighted by molar-refractivity contribution is -0.165. The molecule has 1 aliphatic heterocycles. The van der Waals surface area contributed by atoms with E-state index < -0.39 is 0 Å². The molecule has 0 aromatic carbocycles. The second-order valence-electron chi connectivity index (χ2n) is 8.12. The number of pyridine rings is 1. The Balaban J connectivity index is 1.76. The van der Waals surface area contributed by atoms with Crippen molar-refractivity contribution in [3.05, 3.63) is 41.7 Å². The topological polar surface area (TPSA) is 60.5 Å². The fourth-order valence-corrected chi connectivity index (χ4v) is 4.72. The number of rotatable bonds is 6. The maximum absolute atomic E-state index is 12.1. The number of unbranched alkanes of at least 4 members (excludes halogenated alkanes) is 1. The van der Waals surface area contributed by atoms with Gasteiger partial charge in [0, 0.05) is 30.3 Å². The van der Waals surface area contributed by atoms with Gasteiger partial charge in [-0.25, -0.2) is 4.79 Å². The van der Waals surface area contributed by atoms with Crippen LogP contribution in [0.15, 0.2) is 36.2 Å². The molecule has 1 saturated heterocycles. The molecular formula is C22H32N2O3. The van der Waals surface area contributed by atoms with Gasteiger partial charge in [-0.15, -0.1) is 0 Å². The molecule has 27 heavy (non-hydrogen) atoms. The third-order valence-corrected chi connectivity index (χ3v) is 6.53. The van der Waals surface area contributed by atoms with Gasteiger partial charge < -0.3 is 14.8 Å². The third kappa shape index (κ3) is 3.88. The van der Waals surface area contributed by atoms with E-state index in [1.807, 2.05) is 12.3 Å². The molecule has 1 aromatic heterocycles. The predicted molar refractivity (Wildman–Crippen MR) is 105 cm³/mol. The van der Waals surface area contributed by atoms with E-state index >= 15 is 0 Å². The van der Waals surface area contributed by atoms with Gasteiger partial charge in [-0.3, -0.25) is 4.98 Å². The summed E-state index contributed by atoms with van der Waals surface area (Å²) in [7, 11) is 0. The Morgan fingerprint density at radius 2 is 2.26 bits per heavy atom. The van der Waals surface area contributed by atoms with Crippen LogP contribution in [-0.2, 0) is 9.47 Å². The van der Waals surface area contributed by atoms with Crippen LogP contribution in [0.1, 0.15) is 52.2 Å². The zero-order valence-corrected chi connectivity index (χ0v) is 16.9. The lowest BCUT2D eigenvalue weighted by Gasteiger charge is -2.55. The number of fused-ring (bicyclic) bond motifs is 2. The normalized spacial score (nSPS) is 32.5. The van der Waals surface area contributed by atoms with E-state index in [0.717, 1.165) is 18.4 Å². The summed E-state index contributed by atoms with van der Waals surface area (Å²) in [6.07, 6.45) is 7.72. The number of amides is 1. The smallest absolute Gasteiger partial charge is 0.407 e. The van der Waals surface area contributed by atoms with Crippen LogP contribution in [0.4, 0.5) is 4.79 Å². The van der Waals surface area contributed by atoms with Gasteiger partial charge in [0.2, 0.25) is 0 Å². The van der Waals surface area contributed by atoms with E-state index in [9.17, 15) is 4.79 Å². The molecular weight excluding hydrogens is 340 g/mol. The van der Waals surface area contributed by atoms with Crippen LogP contribution < -0.4 is 5.32 Å². The minimum atomic E-state index is -0.325. The second-order valence-corrected chi connectivity index (χ2v) is 8.12. The van der Waals surface area contributed by atoms with Gasteiger partial charge in [0.15, 0.2) is 0 Å². The molecule has 148 valence electrons. The number of ether oxygens (including phenoxy) is 2. The van der Waals surface area contributed by atoms with E-state index in [1.54, 1.807) is 6.20 Å². The third-order valence-electron chi connectivity index (χ3n) is 6.53. The number of hydrogen-bond acceptors (Lipinski definition) is 4. The Bertz CT molecular complexity index is 675. The molecule has 5 atom stereocenters. The molecule has 5 heteroatoms. The molecule has 1 fully saturated rings. The fourth-order valence-electron chi connectivity index (χ4n) is 4.72. The van der Waals surface area contributed by atoms with Gasteiger partial charge in [-0.2, -0.15) is 0 Å². The van der Waals surface area contributed by atoms with Crippen LogP contribution in [0, 0.1) is 23.2 Å². The van der Waals surface area contributed by atoms with Gasteiger partial charge in [0.25, 0.3) is 0 Å². The van der Waals surface area contributed by atoms with Crippen LogP contribution in [-0.4, -0.2) is 30.8 Å². The number of alkyl carbamates (subject to hydrolysis) is 1. The number of carbonyl (C=O) groups excluding carboxylic acids is 1. The lowest BCUT2D eigenvalue weighted by Crippen LogP contribution is -2.54. The van der Waals surface area contributed by atoms with Crippen molar-refractivity contribution >= 4 is 6.09 Å². The zero-order valence-electron chi connectivity index (χ0n) is 16.9. The average molecular weight is 373 g/mol. The van der Waals surface area contributed by atoms with Gasteiger partial charge in [0.05, 0.1) is 12.7 Å². The van der Waals surface area contributed by atoms with E-state index in [-0.39, 0.29) is 23.5 Å². The molecule has 3 rings (SSSR count). The Morgan fingerprint density at radius 1 is 1.44 bits per heavy atom. The summed E-state index contributed by atoms with van der Waals surface area (Å²) in [6, 6.07) is 4.04. The van der Waals surface area contributed by atoms with Crippen LogP contribution in [0.5, 0.6) is 0 Å². The molecule has 1 aliphatic carbocycles. The average Bonchev–Trinajstić information content (AvgIpc) is 2.66. The number of aromatic nitrogens is 1. The Kier molecular flexibility index (Phi) is 6.20. The fraction of sp³-hybridized carbons (Fsp3) is 0.636. The molecule has 1 aromatic rings. The Labute approximate surface area is 162 Å². The summed E-state index contributed by atoms with van der Waals surface area (Å²) in [5, 5.41) is 2.84. The van der Waals surface area contributed by atoms with Crippen LogP contribution in [0.2, 0.25) is 0 Å². The van der Waals surface area contributed by atoms with Crippen LogP contribution in [0.25, 0.3) is 0 Å². The lowest BCUT2D eigenvalue weighted by atomic mass is 9.56. The molecule has 0 unspecified atom stereocenters. The summed E-state index contributed by atoms with van der Waals surface area (Å²) in [5.74, 6) is 0.910. The van der Waals surface area contributed by atoms with Crippen molar-refractivity contribution in [2.24, 2.45) is 23.2 Å². The number of nitrogens with zero attached hydrogens (tertiary/aromatic N) is 1. The summed E-state index contributed by atoms with van der Waals surface area (Å²) in [5.41, 5.74) is 2.28. The standard InChI is InChI=1S/C22H32N2O3/c1-5-6-10-24-21(25)27-14-22-13-26-20(18-8-7-9-23-12-18)19(17(22)4)15(2)11-16(22)3/h7-9,11-12,16-17,19-20H,5-6,10,13-14H2,1-4H3,(H,24,25)/t16-,17-,19+,20+,22-/m1/s1. The van der Waals surface area contributed by atoms with Crippen molar-refractivity contribution in [2.75, 3.05) is 19.8 Å². The SMILES string of the molecule is CCCCNC(=O)OC[C@]12CO[C@@H](c3cccnc3)[C@@H](C(C)=C[C@H]1C)[C@H]2C. The molecule has 1 N–H and O–H groups in total. The quantitative estimate of drug-likeness (QED) is 0.589.